The van der Waals surface area contributed by atoms with E-state index in [9.17, 15) is 4.79 Å². The molecule has 0 radical (unpaired) electrons. The maximum Gasteiger partial charge on any atom is 0.315 e. The lowest BCUT2D eigenvalue weighted by Gasteiger charge is -2.44. The molecule has 1 heterocycles. The quantitative estimate of drug-likeness (QED) is 0.865. The number of likely N-dealkylation sites (N-methyl/N-ethyl adjacent to an activating group) is 1. The minimum absolute atomic E-state index is 0.0138. The monoisotopic (exact) mass is 273 g/mol. The smallest absolute Gasteiger partial charge is 0.315 e. The fourth-order valence-electron chi connectivity index (χ4n) is 3.80. The maximum atomic E-state index is 11.5. The van der Waals surface area contributed by atoms with Gasteiger partial charge in [0.05, 0.1) is 5.54 Å². The molecule has 3 atom stereocenters. The van der Waals surface area contributed by atoms with Crippen LogP contribution in [0.15, 0.2) is 30.3 Å². The second kappa shape index (κ2) is 5.09. The summed E-state index contributed by atoms with van der Waals surface area (Å²) in [6, 6.07) is 11.2. The highest BCUT2D eigenvalue weighted by Gasteiger charge is 2.45. The highest BCUT2D eigenvalue weighted by molar-refractivity contribution is 5.77. The van der Waals surface area contributed by atoms with Crippen molar-refractivity contribution in [1.29, 1.82) is 0 Å². The van der Waals surface area contributed by atoms with Gasteiger partial charge in [-0.2, -0.15) is 0 Å². The minimum atomic E-state index is -0.0515. The third-order valence-electron chi connectivity index (χ3n) is 4.85. The second-order valence-corrected chi connectivity index (χ2v) is 6.38. The van der Waals surface area contributed by atoms with Crippen molar-refractivity contribution in [3.8, 4) is 0 Å². The second-order valence-electron chi connectivity index (χ2n) is 6.38. The molecule has 2 aliphatic rings. The van der Waals surface area contributed by atoms with E-state index < -0.39 is 0 Å². The Labute approximate surface area is 120 Å². The first kappa shape index (κ1) is 13.4. The molecule has 3 rings (SSSR count). The zero-order chi connectivity index (χ0) is 14.2. The average Bonchev–Trinajstić information content (AvgIpc) is 2.80. The minimum Gasteiger partial charge on any atom is -0.336 e. The first-order chi connectivity index (χ1) is 9.60. The third kappa shape index (κ3) is 2.40. The molecule has 1 aliphatic heterocycles. The molecular weight excluding hydrogens is 250 g/mol. The van der Waals surface area contributed by atoms with Crippen molar-refractivity contribution >= 4 is 6.03 Å². The molecule has 4 heteroatoms. The topological polar surface area (TPSA) is 44.4 Å². The standard InChI is InChI=1S/C16H23N3O/c1-19(2)14-8-9-16(11-17-15(20)18-16)10-13(14)12-6-4-3-5-7-12/h3-7,13-14H,8-11H2,1-2H3,(H2,17,18,20)/t13?,14-,16+/m0/s1. The molecule has 1 aliphatic carbocycles. The van der Waals surface area contributed by atoms with Crippen molar-refractivity contribution in [2.75, 3.05) is 20.6 Å². The molecule has 1 unspecified atom stereocenters. The molecule has 2 fully saturated rings. The van der Waals surface area contributed by atoms with Crippen LogP contribution in [0.4, 0.5) is 4.79 Å². The van der Waals surface area contributed by atoms with Crippen LogP contribution in [-0.4, -0.2) is 43.2 Å². The van der Waals surface area contributed by atoms with Gasteiger partial charge in [0.2, 0.25) is 0 Å². The number of hydrogen-bond acceptors (Lipinski definition) is 2. The zero-order valence-electron chi connectivity index (χ0n) is 12.2. The molecule has 0 aromatic heterocycles. The number of urea groups is 1. The summed E-state index contributed by atoms with van der Waals surface area (Å²) in [5.41, 5.74) is 1.33. The van der Waals surface area contributed by atoms with E-state index in [1.807, 2.05) is 0 Å². The molecule has 20 heavy (non-hydrogen) atoms. The molecule has 4 nitrogen and oxygen atoms in total. The Hall–Kier alpha value is -1.55. The van der Waals surface area contributed by atoms with Gasteiger partial charge < -0.3 is 15.5 Å². The fraction of sp³-hybridized carbons (Fsp3) is 0.562. The van der Waals surface area contributed by atoms with Gasteiger partial charge in [-0.05, 0) is 38.9 Å². The van der Waals surface area contributed by atoms with E-state index in [0.717, 1.165) is 25.8 Å². The maximum absolute atomic E-state index is 11.5. The van der Waals surface area contributed by atoms with Crippen molar-refractivity contribution in [2.45, 2.75) is 36.8 Å². The summed E-state index contributed by atoms with van der Waals surface area (Å²) >= 11 is 0. The van der Waals surface area contributed by atoms with E-state index in [4.69, 9.17) is 0 Å². The van der Waals surface area contributed by atoms with E-state index >= 15 is 0 Å². The number of rotatable bonds is 2. The van der Waals surface area contributed by atoms with Crippen molar-refractivity contribution in [3.63, 3.8) is 0 Å². The van der Waals surface area contributed by atoms with Gasteiger partial charge in [0.25, 0.3) is 0 Å². The summed E-state index contributed by atoms with van der Waals surface area (Å²) in [5, 5.41) is 6.09. The van der Waals surface area contributed by atoms with Gasteiger partial charge in [-0.25, -0.2) is 4.79 Å². The van der Waals surface area contributed by atoms with E-state index in [0.29, 0.717) is 12.0 Å². The van der Waals surface area contributed by atoms with Gasteiger partial charge in [-0.15, -0.1) is 0 Å². The lowest BCUT2D eigenvalue weighted by atomic mass is 9.70. The Morgan fingerprint density at radius 1 is 1.25 bits per heavy atom. The summed E-state index contributed by atoms with van der Waals surface area (Å²) in [5.74, 6) is 0.472. The van der Waals surface area contributed by atoms with Crippen LogP contribution in [0, 0.1) is 0 Å². The number of carbonyl (C=O) groups excluding carboxylic acids is 1. The molecule has 1 saturated carbocycles. The number of amides is 2. The third-order valence-corrected chi connectivity index (χ3v) is 4.85. The number of carbonyl (C=O) groups is 1. The van der Waals surface area contributed by atoms with Crippen molar-refractivity contribution in [3.05, 3.63) is 35.9 Å². The molecule has 2 amide bonds. The van der Waals surface area contributed by atoms with E-state index in [-0.39, 0.29) is 11.6 Å². The van der Waals surface area contributed by atoms with E-state index in [1.54, 1.807) is 0 Å². The van der Waals surface area contributed by atoms with Crippen molar-refractivity contribution in [1.82, 2.24) is 15.5 Å². The molecule has 1 spiro atoms. The van der Waals surface area contributed by atoms with E-state index in [2.05, 4.69) is 60.0 Å². The largest absolute Gasteiger partial charge is 0.336 e. The number of benzene rings is 1. The van der Waals surface area contributed by atoms with Gasteiger partial charge >= 0.3 is 6.03 Å². The average molecular weight is 273 g/mol. The SMILES string of the molecule is CN(C)[C@H]1CC[C@]2(CNC(=O)N2)CC1c1ccccc1. The fourth-order valence-corrected chi connectivity index (χ4v) is 3.80. The lowest BCUT2D eigenvalue weighted by molar-refractivity contribution is 0.142. The number of hydrogen-bond donors (Lipinski definition) is 2. The van der Waals surface area contributed by atoms with Gasteiger partial charge in [0, 0.05) is 18.5 Å². The van der Waals surface area contributed by atoms with Crippen LogP contribution >= 0.6 is 0 Å². The van der Waals surface area contributed by atoms with Crippen LogP contribution in [0.5, 0.6) is 0 Å². The molecule has 2 N–H and O–H groups in total. The molecule has 1 aromatic carbocycles. The predicted octanol–water partition coefficient (Wildman–Crippen LogP) is 1.94. The van der Waals surface area contributed by atoms with Crippen LogP contribution in [0.1, 0.15) is 30.7 Å². The van der Waals surface area contributed by atoms with Crippen LogP contribution < -0.4 is 10.6 Å². The Kier molecular flexibility index (Phi) is 3.42. The van der Waals surface area contributed by atoms with Crippen molar-refractivity contribution < 1.29 is 4.79 Å². The Morgan fingerprint density at radius 3 is 2.60 bits per heavy atom. The summed E-state index contributed by atoms with van der Waals surface area (Å²) < 4.78 is 0. The molecule has 0 bridgehead atoms. The van der Waals surface area contributed by atoms with Gasteiger partial charge in [0.1, 0.15) is 0 Å². The Bertz CT molecular complexity index is 488. The number of nitrogens with zero attached hydrogens (tertiary/aromatic N) is 1. The Balaban J connectivity index is 1.87. The molecular formula is C16H23N3O. The normalized spacial score (nSPS) is 33.2. The molecule has 1 aromatic rings. The Morgan fingerprint density at radius 2 is 2.00 bits per heavy atom. The van der Waals surface area contributed by atoms with Gasteiger partial charge in [0.15, 0.2) is 0 Å². The van der Waals surface area contributed by atoms with Gasteiger partial charge in [-0.3, -0.25) is 0 Å². The van der Waals surface area contributed by atoms with Crippen LogP contribution in [0.3, 0.4) is 0 Å². The first-order valence-electron chi connectivity index (χ1n) is 7.37. The summed E-state index contributed by atoms with van der Waals surface area (Å²) in [7, 11) is 4.31. The summed E-state index contributed by atoms with van der Waals surface area (Å²) in [6.45, 7) is 0.759. The van der Waals surface area contributed by atoms with Crippen molar-refractivity contribution in [2.24, 2.45) is 0 Å². The highest BCUT2D eigenvalue weighted by atomic mass is 16.2. The molecule has 108 valence electrons. The van der Waals surface area contributed by atoms with Crippen LogP contribution in [0.25, 0.3) is 0 Å². The molecule has 1 saturated heterocycles. The zero-order valence-corrected chi connectivity index (χ0v) is 12.2. The summed E-state index contributed by atoms with van der Waals surface area (Å²) in [4.78, 5) is 13.9. The lowest BCUT2D eigenvalue weighted by Crippen LogP contribution is -2.52. The first-order valence-corrected chi connectivity index (χ1v) is 7.37. The van der Waals surface area contributed by atoms with Crippen LogP contribution in [-0.2, 0) is 0 Å². The summed E-state index contributed by atoms with van der Waals surface area (Å²) in [6.07, 6.45) is 3.19. The van der Waals surface area contributed by atoms with Crippen LogP contribution in [0.2, 0.25) is 0 Å². The highest BCUT2D eigenvalue weighted by Crippen LogP contribution is 2.41. The van der Waals surface area contributed by atoms with E-state index in [1.165, 1.54) is 5.56 Å². The predicted molar refractivity (Wildman–Crippen MR) is 79.8 cm³/mol. The number of nitrogens with one attached hydrogen (secondary N) is 2. The van der Waals surface area contributed by atoms with Gasteiger partial charge in [-0.1, -0.05) is 30.3 Å².